The Kier molecular flexibility index (Phi) is 9.91. The van der Waals surface area contributed by atoms with Crippen molar-refractivity contribution in [2.75, 3.05) is 6.61 Å². The van der Waals surface area contributed by atoms with Crippen molar-refractivity contribution in [1.29, 1.82) is 0 Å². The van der Waals surface area contributed by atoms with Gasteiger partial charge in [-0.15, -0.1) is 0 Å². The van der Waals surface area contributed by atoms with Gasteiger partial charge in [0.2, 0.25) is 0 Å². The van der Waals surface area contributed by atoms with Crippen LogP contribution >= 0.6 is 0 Å². The average Bonchev–Trinajstić information content (AvgIpc) is 3.14. The lowest BCUT2D eigenvalue weighted by atomic mass is 10.2. The molecule has 0 aliphatic heterocycles. The molecule has 0 radical (unpaired) electrons. The van der Waals surface area contributed by atoms with E-state index in [1.807, 2.05) is 20.8 Å². The van der Waals surface area contributed by atoms with E-state index in [1.54, 1.807) is 33.4 Å². The Morgan fingerprint density at radius 2 is 1.48 bits per heavy atom. The van der Waals surface area contributed by atoms with E-state index in [0.717, 1.165) is 24.3 Å². The smallest absolute Gasteiger partial charge is 0.332 e. The van der Waals surface area contributed by atoms with E-state index in [1.165, 1.54) is 4.57 Å². The van der Waals surface area contributed by atoms with Crippen molar-refractivity contribution >= 4 is 11.2 Å². The Balaban J connectivity index is 0.000000890. The van der Waals surface area contributed by atoms with Gasteiger partial charge in [0.05, 0.1) is 0 Å². The zero-order valence-electron chi connectivity index (χ0n) is 20.8. The number of benzene rings is 1. The Labute approximate surface area is 195 Å². The molecule has 0 aliphatic rings. The first-order chi connectivity index (χ1) is 15.8. The van der Waals surface area contributed by atoms with Crippen LogP contribution in [0.5, 0.6) is 5.75 Å². The second-order valence-electron chi connectivity index (χ2n) is 8.74. The van der Waals surface area contributed by atoms with Gasteiger partial charge in [0, 0.05) is 25.3 Å². The van der Waals surface area contributed by atoms with Crippen molar-refractivity contribution in [3.05, 3.63) is 45.1 Å². The molecule has 0 saturated heterocycles. The van der Waals surface area contributed by atoms with Crippen LogP contribution in [0.15, 0.2) is 33.9 Å². The van der Waals surface area contributed by atoms with E-state index in [9.17, 15) is 14.7 Å². The van der Waals surface area contributed by atoms with Crippen molar-refractivity contribution in [2.24, 2.45) is 5.92 Å². The maximum atomic E-state index is 13.2. The number of hydrogen-bond acceptors (Lipinski definition) is 5. The molecule has 0 fully saturated rings. The van der Waals surface area contributed by atoms with E-state index in [2.05, 4.69) is 25.8 Å². The molecular formula is C25H38N4O4. The number of rotatable bonds is 9. The van der Waals surface area contributed by atoms with Crippen LogP contribution in [0.3, 0.4) is 0 Å². The van der Waals surface area contributed by atoms with E-state index in [4.69, 9.17) is 4.74 Å². The summed E-state index contributed by atoms with van der Waals surface area (Å²) in [5, 5.41) is 9.63. The number of imidazole rings is 1. The number of fused-ring (bicyclic) bond motifs is 1. The molecule has 3 rings (SSSR count). The topological polar surface area (TPSA) is 91.3 Å². The number of phenolic OH excluding ortho intramolecular Hbond substituents is 1. The summed E-state index contributed by atoms with van der Waals surface area (Å²) in [4.78, 5) is 30.9. The minimum Gasteiger partial charge on any atom is -0.508 e. The number of aromatic nitrogens is 4. The summed E-state index contributed by atoms with van der Waals surface area (Å²) in [6.45, 7) is 14.0. The molecule has 0 spiro atoms. The molecule has 3 aromatic rings. The van der Waals surface area contributed by atoms with Crippen LogP contribution in [0.4, 0.5) is 0 Å². The third kappa shape index (κ3) is 6.35. The summed E-state index contributed by atoms with van der Waals surface area (Å²) < 4.78 is 10.3. The van der Waals surface area contributed by atoms with Crippen LogP contribution in [0.25, 0.3) is 22.6 Å². The third-order valence-corrected chi connectivity index (χ3v) is 4.70. The number of hydrogen-bond donors (Lipinski definition) is 1. The fourth-order valence-electron chi connectivity index (χ4n) is 3.39. The quantitative estimate of drug-likeness (QED) is 0.473. The second kappa shape index (κ2) is 12.4. The molecule has 0 aliphatic carbocycles. The van der Waals surface area contributed by atoms with Gasteiger partial charge < -0.3 is 9.84 Å². The van der Waals surface area contributed by atoms with Crippen molar-refractivity contribution in [3.8, 4) is 17.1 Å². The molecule has 0 saturated carbocycles. The van der Waals surface area contributed by atoms with Gasteiger partial charge >= 0.3 is 5.69 Å². The molecule has 1 aromatic carbocycles. The highest BCUT2D eigenvalue weighted by atomic mass is 16.5. The summed E-state index contributed by atoms with van der Waals surface area (Å²) >= 11 is 0. The zero-order valence-corrected chi connectivity index (χ0v) is 20.8. The predicted octanol–water partition coefficient (Wildman–Crippen LogP) is 4.60. The van der Waals surface area contributed by atoms with E-state index < -0.39 is 0 Å². The molecule has 33 heavy (non-hydrogen) atoms. The molecular weight excluding hydrogens is 420 g/mol. The van der Waals surface area contributed by atoms with Gasteiger partial charge in [0.25, 0.3) is 5.56 Å². The van der Waals surface area contributed by atoms with Gasteiger partial charge in [-0.3, -0.25) is 18.5 Å². The van der Waals surface area contributed by atoms with Crippen LogP contribution in [0, 0.1) is 5.92 Å². The molecule has 0 unspecified atom stereocenters. The molecule has 0 atom stereocenters. The molecule has 182 valence electrons. The van der Waals surface area contributed by atoms with Crippen LogP contribution in [-0.2, 0) is 24.6 Å². The summed E-state index contributed by atoms with van der Waals surface area (Å²) in [6, 6.07) is 6.61. The van der Waals surface area contributed by atoms with Gasteiger partial charge in [0.1, 0.15) is 18.3 Å². The van der Waals surface area contributed by atoms with Gasteiger partial charge in [-0.05, 0) is 49.4 Å². The van der Waals surface area contributed by atoms with Crippen LogP contribution in [0.2, 0.25) is 0 Å². The number of aromatic hydroxyl groups is 1. The lowest BCUT2D eigenvalue weighted by Crippen LogP contribution is -2.40. The SMILES string of the molecule is CC(C)C.CCCOCn1c(-c2ccc(O)cc2)nc2c1c(=O)n(CCC)c(=O)n2CCC. The second-order valence-corrected chi connectivity index (χ2v) is 8.74. The van der Waals surface area contributed by atoms with Crippen LogP contribution < -0.4 is 11.2 Å². The van der Waals surface area contributed by atoms with Gasteiger partial charge in [-0.25, -0.2) is 9.78 Å². The fourth-order valence-corrected chi connectivity index (χ4v) is 3.39. The highest BCUT2D eigenvalue weighted by Crippen LogP contribution is 2.25. The monoisotopic (exact) mass is 458 g/mol. The van der Waals surface area contributed by atoms with E-state index in [-0.39, 0.29) is 23.7 Å². The summed E-state index contributed by atoms with van der Waals surface area (Å²) in [6.07, 6.45) is 2.27. The van der Waals surface area contributed by atoms with Crippen molar-refractivity contribution < 1.29 is 9.84 Å². The Morgan fingerprint density at radius 3 is 2.03 bits per heavy atom. The van der Waals surface area contributed by atoms with Crippen molar-refractivity contribution in [2.45, 2.75) is 80.6 Å². The zero-order chi connectivity index (χ0) is 24.5. The average molecular weight is 459 g/mol. The Hall–Kier alpha value is -2.87. The molecule has 0 amide bonds. The third-order valence-electron chi connectivity index (χ3n) is 4.70. The molecule has 0 bridgehead atoms. The minimum absolute atomic E-state index is 0.145. The lowest BCUT2D eigenvalue weighted by Gasteiger charge is -2.12. The van der Waals surface area contributed by atoms with Gasteiger partial charge in [-0.2, -0.15) is 0 Å². The fraction of sp³-hybridized carbons (Fsp3) is 0.560. The lowest BCUT2D eigenvalue weighted by molar-refractivity contribution is 0.0809. The normalized spacial score (nSPS) is 11.1. The summed E-state index contributed by atoms with van der Waals surface area (Å²) in [5.74, 6) is 1.51. The van der Waals surface area contributed by atoms with Gasteiger partial charge in [0.15, 0.2) is 11.2 Å². The number of aryl methyl sites for hydroxylation is 1. The standard InChI is InChI=1S/C21H28N4O4.C4H10/c1-4-11-23-19-17(20(27)24(12-5-2)21(23)28)25(14-29-13-6-3)18(22-19)15-7-9-16(26)10-8-15;1-4(2)3/h7-10,26H,4-6,11-14H2,1-3H3;4H,1-3H3. The number of nitrogens with zero attached hydrogens (tertiary/aromatic N) is 4. The molecule has 8 heteroatoms. The first-order valence-corrected chi connectivity index (χ1v) is 11.9. The molecule has 2 aromatic heterocycles. The summed E-state index contributed by atoms with van der Waals surface area (Å²) in [5.41, 5.74) is 0.790. The highest BCUT2D eigenvalue weighted by molar-refractivity contribution is 5.77. The van der Waals surface area contributed by atoms with Crippen LogP contribution in [0.1, 0.15) is 60.8 Å². The van der Waals surface area contributed by atoms with E-state index >= 15 is 0 Å². The first kappa shape index (κ1) is 26.4. The summed E-state index contributed by atoms with van der Waals surface area (Å²) in [7, 11) is 0. The predicted molar refractivity (Wildman–Crippen MR) is 133 cm³/mol. The largest absolute Gasteiger partial charge is 0.508 e. The minimum atomic E-state index is -0.350. The van der Waals surface area contributed by atoms with Crippen molar-refractivity contribution in [1.82, 2.24) is 18.7 Å². The molecule has 2 heterocycles. The maximum absolute atomic E-state index is 13.2. The highest BCUT2D eigenvalue weighted by Gasteiger charge is 2.22. The Morgan fingerprint density at radius 1 is 0.909 bits per heavy atom. The maximum Gasteiger partial charge on any atom is 0.332 e. The Bertz CT molecular complexity index is 1140. The van der Waals surface area contributed by atoms with Crippen LogP contribution in [-0.4, -0.2) is 30.4 Å². The van der Waals surface area contributed by atoms with Crippen molar-refractivity contribution in [3.63, 3.8) is 0 Å². The first-order valence-electron chi connectivity index (χ1n) is 11.9. The van der Waals surface area contributed by atoms with E-state index in [0.29, 0.717) is 43.1 Å². The molecule has 1 N–H and O–H groups in total. The molecule has 8 nitrogen and oxygen atoms in total. The van der Waals surface area contributed by atoms with Gasteiger partial charge in [-0.1, -0.05) is 41.5 Å². The number of phenols is 1. The number of ether oxygens (including phenoxy) is 1.